The molecule has 0 unspecified atom stereocenters. The Morgan fingerprint density at radius 3 is 2.33 bits per heavy atom. The fourth-order valence-electron chi connectivity index (χ4n) is 0.686. The van der Waals surface area contributed by atoms with Gasteiger partial charge in [0.05, 0.1) is 0 Å². The van der Waals surface area contributed by atoms with Crippen LogP contribution in [0, 0.1) is 0 Å². The van der Waals surface area contributed by atoms with Gasteiger partial charge in [-0.2, -0.15) is 0 Å². The number of hydrogen-bond donors (Lipinski definition) is 1. The Balaban J connectivity index is 0.000000354. The first kappa shape index (κ1) is 10.7. The lowest BCUT2D eigenvalue weighted by Crippen LogP contribution is -1.82. The van der Waals surface area contributed by atoms with Crippen LogP contribution in [0.4, 0.5) is 5.69 Å². The molecule has 0 aliphatic carbocycles. The number of rotatable bonds is 1. The summed E-state index contributed by atoms with van der Waals surface area (Å²) in [6, 6.07) is 7.61. The van der Waals surface area contributed by atoms with Gasteiger partial charge in [0, 0.05) is 5.69 Å². The van der Waals surface area contributed by atoms with E-state index in [9.17, 15) is 0 Å². The predicted octanol–water partition coefficient (Wildman–Crippen LogP) is 1.40. The van der Waals surface area contributed by atoms with Crippen molar-refractivity contribution < 1.29 is 8.42 Å². The van der Waals surface area contributed by atoms with Crippen molar-refractivity contribution in [2.45, 2.75) is 0 Å². The van der Waals surface area contributed by atoms with Gasteiger partial charge < -0.3 is 14.2 Å². The third-order valence-corrected chi connectivity index (χ3v) is 1.15. The third kappa shape index (κ3) is 4.51. The van der Waals surface area contributed by atoms with Crippen LogP contribution in [-0.2, 0) is 20.0 Å². The SMILES string of the molecule is C=Cc1cccc(N)c1.O=[SH-]=O. The Hall–Kier alpha value is -1.29. The summed E-state index contributed by atoms with van der Waals surface area (Å²) in [7, 11) is 0. The van der Waals surface area contributed by atoms with Gasteiger partial charge in [-0.05, 0) is 17.7 Å². The van der Waals surface area contributed by atoms with Gasteiger partial charge in [0.25, 0.3) is 0 Å². The number of hydrogen-bond acceptors (Lipinski definition) is 4. The standard InChI is InChI=1S/C8H9N.HO2S/c1-2-7-4-3-5-8(9)6-7;1-3-2/h2-6H,1,9H2;3H/q;-1. The van der Waals surface area contributed by atoms with Crippen LogP contribution in [0.1, 0.15) is 5.56 Å². The van der Waals surface area contributed by atoms with Crippen molar-refractivity contribution in [1.82, 2.24) is 0 Å². The van der Waals surface area contributed by atoms with Gasteiger partial charge in [-0.25, -0.2) is 0 Å². The molecule has 0 saturated carbocycles. The first-order valence-electron chi connectivity index (χ1n) is 3.17. The van der Waals surface area contributed by atoms with Gasteiger partial charge in [0.1, 0.15) is 0 Å². The maximum absolute atomic E-state index is 8.35. The van der Waals surface area contributed by atoms with E-state index in [1.54, 1.807) is 6.08 Å². The Morgan fingerprint density at radius 2 is 2.00 bits per heavy atom. The molecule has 3 nitrogen and oxygen atoms in total. The fraction of sp³-hybridized carbons (Fsp3) is 0. The largest absolute Gasteiger partial charge is 0.427 e. The van der Waals surface area contributed by atoms with Crippen LogP contribution in [0.25, 0.3) is 6.08 Å². The lowest BCUT2D eigenvalue weighted by Gasteiger charge is -1.92. The topological polar surface area (TPSA) is 60.2 Å². The van der Waals surface area contributed by atoms with Gasteiger partial charge in [-0.1, -0.05) is 36.4 Å². The first-order valence-corrected chi connectivity index (χ1v) is 3.90. The summed E-state index contributed by atoms with van der Waals surface area (Å²) >= 11 is -1.08. The normalized spacial score (nSPS) is 8.00. The lowest BCUT2D eigenvalue weighted by molar-refractivity contribution is 0.541. The average Bonchev–Trinajstić information content (AvgIpc) is 2.06. The van der Waals surface area contributed by atoms with Gasteiger partial charge in [0.2, 0.25) is 0 Å². The average molecular weight is 184 g/mol. The minimum Gasteiger partial charge on any atom is -0.427 e. The zero-order chi connectivity index (χ0) is 9.40. The number of nitrogens with two attached hydrogens (primary N) is 1. The lowest BCUT2D eigenvalue weighted by atomic mass is 10.2. The molecule has 66 valence electrons. The molecule has 0 atom stereocenters. The minimum atomic E-state index is -1.08. The van der Waals surface area contributed by atoms with Crippen molar-refractivity contribution in [3.05, 3.63) is 36.4 Å². The highest BCUT2D eigenvalue weighted by Gasteiger charge is 1.83. The molecule has 2 N–H and O–H groups in total. The Morgan fingerprint density at radius 1 is 1.42 bits per heavy atom. The molecule has 0 saturated heterocycles. The summed E-state index contributed by atoms with van der Waals surface area (Å²) in [4.78, 5) is 0. The van der Waals surface area contributed by atoms with E-state index in [2.05, 4.69) is 6.58 Å². The second-order valence-corrected chi connectivity index (χ2v) is 2.10. The van der Waals surface area contributed by atoms with E-state index >= 15 is 0 Å². The van der Waals surface area contributed by atoms with Crippen LogP contribution in [0.15, 0.2) is 30.8 Å². The van der Waals surface area contributed by atoms with E-state index in [4.69, 9.17) is 14.2 Å². The molecule has 0 aliphatic rings. The number of benzene rings is 1. The summed E-state index contributed by atoms with van der Waals surface area (Å²) in [5, 5.41) is 0. The second kappa shape index (κ2) is 6.42. The van der Waals surface area contributed by atoms with E-state index in [-0.39, 0.29) is 0 Å². The molecule has 0 aromatic heterocycles. The summed E-state index contributed by atoms with van der Waals surface area (Å²) < 4.78 is 16.7. The van der Waals surface area contributed by atoms with E-state index in [0.717, 1.165) is 11.3 Å². The molecule has 4 heteroatoms. The van der Waals surface area contributed by atoms with E-state index < -0.39 is 11.6 Å². The van der Waals surface area contributed by atoms with Crippen LogP contribution >= 0.6 is 0 Å². The summed E-state index contributed by atoms with van der Waals surface area (Å²) in [6.07, 6.45) is 1.77. The van der Waals surface area contributed by atoms with Gasteiger partial charge in [-0.15, -0.1) is 0 Å². The summed E-state index contributed by atoms with van der Waals surface area (Å²) in [6.45, 7) is 3.62. The maximum Gasteiger partial charge on any atom is 0.0319 e. The molecule has 0 amide bonds. The molecule has 12 heavy (non-hydrogen) atoms. The van der Waals surface area contributed by atoms with Crippen LogP contribution in [0.2, 0.25) is 0 Å². The fourth-order valence-corrected chi connectivity index (χ4v) is 0.686. The van der Waals surface area contributed by atoms with Gasteiger partial charge in [0.15, 0.2) is 0 Å². The van der Waals surface area contributed by atoms with Crippen LogP contribution in [0.3, 0.4) is 0 Å². The van der Waals surface area contributed by atoms with Crippen molar-refractivity contribution in [2.24, 2.45) is 0 Å². The maximum atomic E-state index is 8.35. The first-order chi connectivity index (χ1) is 5.74. The zero-order valence-corrected chi connectivity index (χ0v) is 7.33. The van der Waals surface area contributed by atoms with Crippen LogP contribution in [-0.4, -0.2) is 0 Å². The summed E-state index contributed by atoms with van der Waals surface area (Å²) in [5.41, 5.74) is 7.34. The Labute approximate surface area is 74.5 Å². The quantitative estimate of drug-likeness (QED) is 0.408. The van der Waals surface area contributed by atoms with Gasteiger partial charge >= 0.3 is 0 Å². The molecule has 0 bridgehead atoms. The molecule has 0 fully saturated rings. The molecule has 1 aromatic carbocycles. The van der Waals surface area contributed by atoms with Crippen molar-refractivity contribution in [2.75, 3.05) is 5.73 Å². The highest BCUT2D eigenvalue weighted by atomic mass is 32.1. The van der Waals surface area contributed by atoms with Crippen molar-refractivity contribution in [3.8, 4) is 0 Å². The molecular formula is C8H10NO2S-. The van der Waals surface area contributed by atoms with Crippen LogP contribution in [0.5, 0.6) is 0 Å². The second-order valence-electron chi connectivity index (χ2n) is 1.95. The molecule has 1 aromatic rings. The summed E-state index contributed by atoms with van der Waals surface area (Å²) in [5.74, 6) is 0. The Bertz CT molecular complexity index is 293. The Kier molecular flexibility index (Phi) is 5.73. The van der Waals surface area contributed by atoms with Crippen molar-refractivity contribution in [3.63, 3.8) is 0 Å². The van der Waals surface area contributed by atoms with Gasteiger partial charge in [-0.3, -0.25) is 0 Å². The van der Waals surface area contributed by atoms with E-state index in [1.165, 1.54) is 0 Å². The highest BCUT2D eigenvalue weighted by Crippen LogP contribution is 2.06. The molecule has 0 spiro atoms. The number of anilines is 1. The molecule has 0 aliphatic heterocycles. The van der Waals surface area contributed by atoms with Crippen molar-refractivity contribution >= 4 is 23.3 Å². The molecule has 0 radical (unpaired) electrons. The monoisotopic (exact) mass is 184 g/mol. The minimum absolute atomic E-state index is 0.785. The highest BCUT2D eigenvalue weighted by molar-refractivity contribution is 7.51. The third-order valence-electron chi connectivity index (χ3n) is 1.15. The molecule has 1 rings (SSSR count). The van der Waals surface area contributed by atoms with Crippen LogP contribution < -0.4 is 5.73 Å². The predicted molar refractivity (Wildman–Crippen MR) is 51.1 cm³/mol. The van der Waals surface area contributed by atoms with E-state index in [0.29, 0.717) is 0 Å². The van der Waals surface area contributed by atoms with Crippen molar-refractivity contribution in [1.29, 1.82) is 0 Å². The molecular weight excluding hydrogens is 174 g/mol. The molecule has 0 heterocycles. The zero-order valence-electron chi connectivity index (χ0n) is 6.43. The smallest absolute Gasteiger partial charge is 0.0319 e. The van der Waals surface area contributed by atoms with E-state index in [1.807, 2.05) is 24.3 Å². The number of nitrogen functional groups attached to an aromatic ring is 1. The number of thiol groups is 1.